The van der Waals surface area contributed by atoms with Crippen LogP contribution < -0.4 is 0 Å². The number of benzene rings is 1. The Morgan fingerprint density at radius 1 is 1.22 bits per heavy atom. The van der Waals surface area contributed by atoms with Crippen LogP contribution in [0, 0.1) is 10.1 Å². The minimum Gasteiger partial charge on any atom is -0.269 e. The van der Waals surface area contributed by atoms with Gasteiger partial charge >= 0.3 is 0 Å². The van der Waals surface area contributed by atoms with Gasteiger partial charge in [-0.15, -0.1) is 5.06 Å². The van der Waals surface area contributed by atoms with Crippen LogP contribution in [0.15, 0.2) is 24.3 Å². The van der Waals surface area contributed by atoms with Gasteiger partial charge in [0, 0.05) is 12.1 Å². The molecule has 5 nitrogen and oxygen atoms in total. The first kappa shape index (κ1) is 11.6. The van der Waals surface area contributed by atoms with Gasteiger partial charge in [-0.3, -0.25) is 15.0 Å². The van der Waals surface area contributed by atoms with Gasteiger partial charge in [-0.05, 0) is 18.9 Å². The van der Waals surface area contributed by atoms with Gasteiger partial charge in [0.1, 0.15) is 0 Å². The first-order valence-electron chi connectivity index (χ1n) is 6.46. The molecular weight excluding hydrogens is 232 g/mol. The molecule has 2 atom stereocenters. The molecule has 96 valence electrons. The van der Waals surface area contributed by atoms with Gasteiger partial charge in [-0.2, -0.15) is 0 Å². The van der Waals surface area contributed by atoms with E-state index in [2.05, 4.69) is 0 Å². The van der Waals surface area contributed by atoms with Crippen molar-refractivity contribution < 1.29 is 9.76 Å². The Morgan fingerprint density at radius 2 is 1.94 bits per heavy atom. The normalized spacial score (nSPS) is 28.0. The van der Waals surface area contributed by atoms with Crippen LogP contribution >= 0.6 is 0 Å². The molecule has 1 heterocycles. The Labute approximate surface area is 105 Å². The van der Waals surface area contributed by atoms with Crippen LogP contribution in [0.5, 0.6) is 0 Å². The average Bonchev–Trinajstić information content (AvgIpc) is 3.20. The molecule has 0 N–H and O–H groups in total. The lowest BCUT2D eigenvalue weighted by Gasteiger charge is -2.20. The second-order valence-corrected chi connectivity index (χ2v) is 4.93. The molecule has 0 spiro atoms. The zero-order valence-corrected chi connectivity index (χ0v) is 10.1. The first-order chi connectivity index (χ1) is 8.77. The zero-order chi connectivity index (χ0) is 12.5. The number of rotatable bonds is 3. The van der Waals surface area contributed by atoms with E-state index < -0.39 is 0 Å². The van der Waals surface area contributed by atoms with Crippen molar-refractivity contribution in [3.63, 3.8) is 0 Å². The molecule has 0 radical (unpaired) electrons. The molecule has 2 unspecified atom stereocenters. The smallest absolute Gasteiger partial charge is 0.269 e. The summed E-state index contributed by atoms with van der Waals surface area (Å²) in [4.78, 5) is 16.2. The minimum atomic E-state index is -0.337. The molecule has 1 aliphatic heterocycles. The van der Waals surface area contributed by atoms with E-state index in [9.17, 15) is 10.1 Å². The first-order valence-corrected chi connectivity index (χ1v) is 6.46. The fourth-order valence-electron chi connectivity index (χ4n) is 2.76. The predicted octanol–water partition coefficient (Wildman–Crippen LogP) is 3.17. The molecule has 0 amide bonds. The lowest BCUT2D eigenvalue weighted by atomic mass is 9.95. The molecule has 2 fully saturated rings. The highest BCUT2D eigenvalue weighted by atomic mass is 16.8. The monoisotopic (exact) mass is 248 g/mol. The number of hydroxylamine groups is 2. The SMILES string of the molecule is O=[N+]([O-])c1ccccc1C1ON1C1CCCCC1. The van der Waals surface area contributed by atoms with Gasteiger partial charge in [0.2, 0.25) is 0 Å². The molecule has 1 aliphatic carbocycles. The summed E-state index contributed by atoms with van der Waals surface area (Å²) in [6.45, 7) is 0. The van der Waals surface area contributed by atoms with Gasteiger partial charge in [0.25, 0.3) is 5.69 Å². The van der Waals surface area contributed by atoms with Crippen LogP contribution in [0.1, 0.15) is 43.9 Å². The topological polar surface area (TPSA) is 58.7 Å². The van der Waals surface area contributed by atoms with E-state index in [1.54, 1.807) is 12.1 Å². The van der Waals surface area contributed by atoms with E-state index in [4.69, 9.17) is 4.84 Å². The van der Waals surface area contributed by atoms with E-state index >= 15 is 0 Å². The number of para-hydroxylation sites is 1. The standard InChI is InChI=1S/C13H16N2O3/c16-15(17)12-9-5-4-8-11(12)13-14(18-13)10-6-2-1-3-7-10/h4-5,8-10,13H,1-3,6-7H2. The van der Waals surface area contributed by atoms with Crippen LogP contribution in [0.3, 0.4) is 0 Å². The lowest BCUT2D eigenvalue weighted by molar-refractivity contribution is -0.385. The Hall–Kier alpha value is -1.46. The van der Waals surface area contributed by atoms with Crippen molar-refractivity contribution >= 4 is 5.69 Å². The number of hydrogen-bond donors (Lipinski definition) is 0. The van der Waals surface area contributed by atoms with Gasteiger partial charge in [-0.25, -0.2) is 0 Å². The molecule has 3 rings (SSSR count). The van der Waals surface area contributed by atoms with Crippen molar-refractivity contribution in [2.75, 3.05) is 0 Å². The number of nitrogens with zero attached hydrogens (tertiary/aromatic N) is 2. The third-order valence-corrected chi connectivity index (χ3v) is 3.74. The molecule has 1 aromatic carbocycles. The molecule has 1 saturated heterocycles. The fraction of sp³-hybridized carbons (Fsp3) is 0.538. The number of nitro groups is 1. The maximum absolute atomic E-state index is 11.0. The van der Waals surface area contributed by atoms with Crippen molar-refractivity contribution in [2.45, 2.75) is 44.4 Å². The quantitative estimate of drug-likeness (QED) is 0.468. The molecule has 0 aromatic heterocycles. The molecule has 18 heavy (non-hydrogen) atoms. The van der Waals surface area contributed by atoms with Gasteiger partial charge < -0.3 is 0 Å². The molecule has 2 aliphatic rings. The maximum atomic E-state index is 11.0. The Morgan fingerprint density at radius 3 is 2.67 bits per heavy atom. The van der Waals surface area contributed by atoms with Crippen molar-refractivity contribution in [1.29, 1.82) is 0 Å². The van der Waals surface area contributed by atoms with Crippen LogP contribution in [0.25, 0.3) is 0 Å². The summed E-state index contributed by atoms with van der Waals surface area (Å²) in [6.07, 6.45) is 5.81. The summed E-state index contributed by atoms with van der Waals surface area (Å²) in [7, 11) is 0. The van der Waals surface area contributed by atoms with Crippen molar-refractivity contribution in [2.24, 2.45) is 0 Å². The second kappa shape index (κ2) is 4.66. The second-order valence-electron chi connectivity index (χ2n) is 4.93. The summed E-state index contributed by atoms with van der Waals surface area (Å²) in [6, 6.07) is 7.27. The molecule has 5 heteroatoms. The van der Waals surface area contributed by atoms with Gasteiger partial charge in [-0.1, -0.05) is 31.4 Å². The lowest BCUT2D eigenvalue weighted by Crippen LogP contribution is -2.21. The van der Waals surface area contributed by atoms with Gasteiger partial charge in [0.15, 0.2) is 6.23 Å². The molecular formula is C13H16N2O3. The molecule has 1 aromatic rings. The summed E-state index contributed by atoms with van der Waals surface area (Å²) < 4.78 is 0. The maximum Gasteiger partial charge on any atom is 0.276 e. The van der Waals surface area contributed by atoms with E-state index in [-0.39, 0.29) is 16.8 Å². The van der Waals surface area contributed by atoms with E-state index in [0.717, 1.165) is 12.8 Å². The molecule has 0 bridgehead atoms. The highest BCUT2D eigenvalue weighted by Crippen LogP contribution is 2.45. The van der Waals surface area contributed by atoms with Crippen molar-refractivity contribution in [3.8, 4) is 0 Å². The van der Waals surface area contributed by atoms with Crippen molar-refractivity contribution in [1.82, 2.24) is 5.06 Å². The third kappa shape index (κ3) is 2.11. The van der Waals surface area contributed by atoms with Crippen molar-refractivity contribution in [3.05, 3.63) is 39.9 Å². The number of nitro benzene ring substituents is 1. The van der Waals surface area contributed by atoms with Crippen LogP contribution in [-0.2, 0) is 4.84 Å². The Kier molecular flexibility index (Phi) is 3.01. The minimum absolute atomic E-state index is 0.154. The Balaban J connectivity index is 1.75. The fourth-order valence-corrected chi connectivity index (χ4v) is 2.76. The third-order valence-electron chi connectivity index (χ3n) is 3.74. The van der Waals surface area contributed by atoms with E-state index in [0.29, 0.717) is 11.6 Å². The summed E-state index contributed by atoms with van der Waals surface area (Å²) in [5, 5.41) is 12.9. The highest BCUT2D eigenvalue weighted by Gasteiger charge is 2.46. The predicted molar refractivity (Wildman–Crippen MR) is 65.6 cm³/mol. The number of hydrogen-bond acceptors (Lipinski definition) is 4. The zero-order valence-electron chi connectivity index (χ0n) is 10.1. The van der Waals surface area contributed by atoms with Crippen LogP contribution in [0.2, 0.25) is 0 Å². The summed E-state index contributed by atoms with van der Waals surface area (Å²) in [5.74, 6) is 0. The highest BCUT2D eigenvalue weighted by molar-refractivity contribution is 5.42. The summed E-state index contributed by atoms with van der Waals surface area (Å²) >= 11 is 0. The van der Waals surface area contributed by atoms with E-state index in [1.807, 2.05) is 11.1 Å². The van der Waals surface area contributed by atoms with Gasteiger partial charge in [0.05, 0.1) is 10.5 Å². The Bertz CT molecular complexity index is 457. The van der Waals surface area contributed by atoms with Crippen LogP contribution in [-0.4, -0.2) is 16.0 Å². The summed E-state index contributed by atoms with van der Waals surface area (Å²) in [5.41, 5.74) is 0.828. The van der Waals surface area contributed by atoms with E-state index in [1.165, 1.54) is 25.3 Å². The van der Waals surface area contributed by atoms with Crippen LogP contribution in [0.4, 0.5) is 5.69 Å². The largest absolute Gasteiger partial charge is 0.276 e. The average molecular weight is 248 g/mol. The molecule has 1 saturated carbocycles.